The Balaban J connectivity index is 2.29. The van der Waals surface area contributed by atoms with Crippen LogP contribution >= 0.6 is 15.9 Å². The molecular weight excluding hydrogens is 274 g/mol. The summed E-state index contributed by atoms with van der Waals surface area (Å²) in [5.41, 5.74) is 4.97. The average molecular weight is 286 g/mol. The number of fused-ring (bicyclic) bond motifs is 1. The number of aryl methyl sites for hydroxylation is 1. The van der Waals surface area contributed by atoms with Crippen molar-refractivity contribution in [2.24, 2.45) is 0 Å². The topological polar surface area (TPSA) is 15.8 Å². The predicted octanol–water partition coefficient (Wildman–Crippen LogP) is 4.91. The molecule has 2 aromatic carbocycles. The molecule has 0 aliphatic carbocycles. The van der Waals surface area contributed by atoms with E-state index in [1.165, 1.54) is 27.7 Å². The van der Waals surface area contributed by atoms with Gasteiger partial charge in [-0.1, -0.05) is 46.3 Å². The lowest BCUT2D eigenvalue weighted by Crippen LogP contribution is -1.79. The maximum absolute atomic E-state index is 3.47. The Kier molecular flexibility index (Phi) is 2.52. The van der Waals surface area contributed by atoms with Gasteiger partial charge in [0.15, 0.2) is 0 Å². The van der Waals surface area contributed by atoms with Gasteiger partial charge < -0.3 is 4.98 Å². The number of H-pyrrole nitrogens is 1. The number of rotatable bonds is 1. The zero-order chi connectivity index (χ0) is 11.8. The highest BCUT2D eigenvalue weighted by Gasteiger charge is 2.09. The van der Waals surface area contributed by atoms with Crippen molar-refractivity contribution in [3.63, 3.8) is 0 Å². The van der Waals surface area contributed by atoms with Crippen molar-refractivity contribution < 1.29 is 0 Å². The van der Waals surface area contributed by atoms with Crippen molar-refractivity contribution in [1.29, 1.82) is 0 Å². The summed E-state index contributed by atoms with van der Waals surface area (Å²) in [5, 5.41) is 1.28. The van der Waals surface area contributed by atoms with Gasteiger partial charge in [-0.3, -0.25) is 0 Å². The largest absolute Gasteiger partial charge is 0.358 e. The van der Waals surface area contributed by atoms with Crippen molar-refractivity contribution >= 4 is 26.8 Å². The average Bonchev–Trinajstić information content (AvgIpc) is 2.66. The van der Waals surface area contributed by atoms with E-state index in [9.17, 15) is 0 Å². The van der Waals surface area contributed by atoms with Crippen LogP contribution in [0.25, 0.3) is 22.0 Å². The summed E-state index contributed by atoms with van der Waals surface area (Å²) in [6, 6.07) is 16.9. The molecule has 0 radical (unpaired) electrons. The number of para-hydroxylation sites is 1. The van der Waals surface area contributed by atoms with E-state index in [0.29, 0.717) is 0 Å². The molecule has 1 aromatic heterocycles. The molecule has 0 fully saturated rings. The number of halogens is 1. The molecule has 1 heterocycles. The molecule has 3 rings (SSSR count). The highest BCUT2D eigenvalue weighted by molar-refractivity contribution is 9.10. The smallest absolute Gasteiger partial charge is 0.0462 e. The molecule has 84 valence electrons. The Labute approximate surface area is 109 Å². The van der Waals surface area contributed by atoms with Gasteiger partial charge >= 0.3 is 0 Å². The first-order valence-corrected chi connectivity index (χ1v) is 6.38. The van der Waals surface area contributed by atoms with Gasteiger partial charge in [0.1, 0.15) is 0 Å². The lowest BCUT2D eigenvalue weighted by atomic mass is 10.0. The summed E-state index contributed by atoms with van der Waals surface area (Å²) in [5.74, 6) is 0. The van der Waals surface area contributed by atoms with E-state index >= 15 is 0 Å². The maximum Gasteiger partial charge on any atom is 0.0462 e. The molecule has 0 saturated carbocycles. The van der Waals surface area contributed by atoms with Crippen LogP contribution in [0.1, 0.15) is 5.69 Å². The SMILES string of the molecule is Cc1[nH]c2ccccc2c1-c1ccc(Br)cc1. The van der Waals surface area contributed by atoms with Crippen LogP contribution in [0.5, 0.6) is 0 Å². The number of hydrogen-bond donors (Lipinski definition) is 1. The first-order chi connectivity index (χ1) is 8.25. The van der Waals surface area contributed by atoms with Gasteiger partial charge in [-0.2, -0.15) is 0 Å². The highest BCUT2D eigenvalue weighted by Crippen LogP contribution is 2.32. The van der Waals surface area contributed by atoms with E-state index in [2.05, 4.69) is 76.4 Å². The number of benzene rings is 2. The predicted molar refractivity (Wildman–Crippen MR) is 76.2 cm³/mol. The van der Waals surface area contributed by atoms with Crippen LogP contribution in [-0.4, -0.2) is 4.98 Å². The molecule has 0 aliphatic heterocycles. The second-order valence-electron chi connectivity index (χ2n) is 4.18. The van der Waals surface area contributed by atoms with Gasteiger partial charge in [0.25, 0.3) is 0 Å². The third-order valence-electron chi connectivity index (χ3n) is 3.03. The minimum absolute atomic E-state index is 1.11. The van der Waals surface area contributed by atoms with Crippen LogP contribution in [0.2, 0.25) is 0 Å². The highest BCUT2D eigenvalue weighted by atomic mass is 79.9. The first kappa shape index (κ1) is 10.6. The lowest BCUT2D eigenvalue weighted by Gasteiger charge is -2.02. The third kappa shape index (κ3) is 1.79. The molecule has 0 saturated heterocycles. The van der Waals surface area contributed by atoms with Crippen molar-refractivity contribution in [2.45, 2.75) is 6.92 Å². The summed E-state index contributed by atoms with van der Waals surface area (Å²) in [7, 11) is 0. The molecule has 1 nitrogen and oxygen atoms in total. The summed E-state index contributed by atoms with van der Waals surface area (Å²) >= 11 is 3.47. The molecule has 0 aliphatic rings. The lowest BCUT2D eigenvalue weighted by molar-refractivity contribution is 1.30. The van der Waals surface area contributed by atoms with Gasteiger partial charge in [0.2, 0.25) is 0 Å². The fourth-order valence-electron chi connectivity index (χ4n) is 2.27. The van der Waals surface area contributed by atoms with Crippen LogP contribution in [0.4, 0.5) is 0 Å². The summed E-state index contributed by atoms with van der Waals surface area (Å²) in [4.78, 5) is 3.43. The molecule has 0 amide bonds. The van der Waals surface area contributed by atoms with Crippen LogP contribution in [0.15, 0.2) is 53.0 Å². The van der Waals surface area contributed by atoms with Crippen molar-refractivity contribution in [1.82, 2.24) is 4.98 Å². The molecule has 0 atom stereocenters. The molecule has 2 heteroatoms. The Bertz CT molecular complexity index is 665. The van der Waals surface area contributed by atoms with Crippen LogP contribution in [0, 0.1) is 6.92 Å². The molecule has 0 unspecified atom stereocenters. The third-order valence-corrected chi connectivity index (χ3v) is 3.56. The fraction of sp³-hybridized carbons (Fsp3) is 0.0667. The van der Waals surface area contributed by atoms with E-state index in [0.717, 1.165) is 4.47 Å². The zero-order valence-corrected chi connectivity index (χ0v) is 11.1. The van der Waals surface area contributed by atoms with Crippen LogP contribution in [-0.2, 0) is 0 Å². The summed E-state index contributed by atoms with van der Waals surface area (Å²) in [6.45, 7) is 2.12. The molecular formula is C15H12BrN. The Morgan fingerprint density at radius 2 is 1.65 bits per heavy atom. The molecule has 17 heavy (non-hydrogen) atoms. The van der Waals surface area contributed by atoms with Crippen molar-refractivity contribution in [3.8, 4) is 11.1 Å². The van der Waals surface area contributed by atoms with Crippen molar-refractivity contribution in [3.05, 3.63) is 58.7 Å². The minimum Gasteiger partial charge on any atom is -0.358 e. The van der Waals surface area contributed by atoms with E-state index in [4.69, 9.17) is 0 Å². The maximum atomic E-state index is 3.47. The molecule has 0 spiro atoms. The van der Waals surface area contributed by atoms with E-state index in [-0.39, 0.29) is 0 Å². The molecule has 0 bridgehead atoms. The Hall–Kier alpha value is -1.54. The van der Waals surface area contributed by atoms with E-state index in [1.54, 1.807) is 0 Å². The van der Waals surface area contributed by atoms with Gasteiger partial charge in [0, 0.05) is 26.6 Å². The fourth-order valence-corrected chi connectivity index (χ4v) is 2.53. The summed E-state index contributed by atoms with van der Waals surface area (Å²) < 4.78 is 1.11. The molecule has 3 aromatic rings. The molecule has 1 N–H and O–H groups in total. The van der Waals surface area contributed by atoms with Gasteiger partial charge in [-0.15, -0.1) is 0 Å². The Morgan fingerprint density at radius 1 is 0.941 bits per heavy atom. The zero-order valence-electron chi connectivity index (χ0n) is 9.50. The quantitative estimate of drug-likeness (QED) is 0.654. The number of aromatic amines is 1. The van der Waals surface area contributed by atoms with E-state index < -0.39 is 0 Å². The van der Waals surface area contributed by atoms with Gasteiger partial charge in [0.05, 0.1) is 0 Å². The van der Waals surface area contributed by atoms with Crippen LogP contribution < -0.4 is 0 Å². The van der Waals surface area contributed by atoms with Crippen molar-refractivity contribution in [2.75, 3.05) is 0 Å². The normalized spacial score (nSPS) is 10.9. The first-order valence-electron chi connectivity index (χ1n) is 5.59. The number of nitrogens with one attached hydrogen (secondary N) is 1. The second kappa shape index (κ2) is 4.04. The van der Waals surface area contributed by atoms with Gasteiger partial charge in [-0.25, -0.2) is 0 Å². The number of hydrogen-bond acceptors (Lipinski definition) is 0. The van der Waals surface area contributed by atoms with Gasteiger partial charge in [-0.05, 0) is 30.7 Å². The minimum atomic E-state index is 1.11. The second-order valence-corrected chi connectivity index (χ2v) is 5.09. The Morgan fingerprint density at radius 3 is 2.41 bits per heavy atom. The number of aromatic nitrogens is 1. The standard InChI is InChI=1S/C15H12BrN/c1-10-15(11-6-8-12(16)9-7-11)13-4-2-3-5-14(13)17-10/h2-9,17H,1H3. The van der Waals surface area contributed by atoms with Crippen LogP contribution in [0.3, 0.4) is 0 Å². The van der Waals surface area contributed by atoms with E-state index in [1.807, 2.05) is 0 Å². The monoisotopic (exact) mass is 285 g/mol. The summed E-state index contributed by atoms with van der Waals surface area (Å²) in [6.07, 6.45) is 0.